The summed E-state index contributed by atoms with van der Waals surface area (Å²) >= 11 is 0. The van der Waals surface area contributed by atoms with Crippen molar-refractivity contribution in [1.82, 2.24) is 9.78 Å². The summed E-state index contributed by atoms with van der Waals surface area (Å²) < 4.78 is 23.4. The topological polar surface area (TPSA) is 103 Å². The third kappa shape index (κ3) is 4.88. The van der Waals surface area contributed by atoms with Crippen molar-refractivity contribution in [2.75, 3.05) is 11.9 Å². The van der Waals surface area contributed by atoms with Crippen molar-refractivity contribution in [2.45, 2.75) is 6.54 Å². The van der Waals surface area contributed by atoms with Crippen LogP contribution in [-0.2, 0) is 20.9 Å². The number of nitrogens with one attached hydrogen (secondary N) is 1. The maximum Gasteiger partial charge on any atom is 0.437 e. The van der Waals surface area contributed by atoms with Crippen molar-refractivity contribution in [3.05, 3.63) is 71.0 Å². The number of carbonyl (C=O) groups excluding carboxylic acids is 2. The van der Waals surface area contributed by atoms with Crippen LogP contribution in [0.5, 0.6) is 0 Å². The van der Waals surface area contributed by atoms with Gasteiger partial charge in [-0.2, -0.15) is 4.68 Å². The number of carbonyl (C=O) groups is 2. The Morgan fingerprint density at radius 3 is 2.52 bits per heavy atom. The van der Waals surface area contributed by atoms with Gasteiger partial charge in [0.25, 0.3) is 5.91 Å². The van der Waals surface area contributed by atoms with Gasteiger partial charge in [0.1, 0.15) is 12.4 Å². The van der Waals surface area contributed by atoms with E-state index in [0.717, 1.165) is 4.68 Å². The number of benzene rings is 2. The molecule has 9 heteroatoms. The summed E-state index contributed by atoms with van der Waals surface area (Å²) in [5, 5.41) is 6.36. The molecule has 8 nitrogen and oxygen atoms in total. The summed E-state index contributed by atoms with van der Waals surface area (Å²) in [4.78, 5) is 35.3. The second kappa shape index (κ2) is 8.09. The SMILES string of the molecule is O=C(COC(=O)Cn1nc(-c2ccccc2)oc1=O)Nc1ccc(F)cc1. The van der Waals surface area contributed by atoms with Crippen LogP contribution >= 0.6 is 0 Å². The first-order valence-corrected chi connectivity index (χ1v) is 7.86. The van der Waals surface area contributed by atoms with E-state index in [1.165, 1.54) is 24.3 Å². The zero-order chi connectivity index (χ0) is 19.2. The highest BCUT2D eigenvalue weighted by molar-refractivity contribution is 5.92. The van der Waals surface area contributed by atoms with E-state index in [4.69, 9.17) is 9.15 Å². The highest BCUT2D eigenvalue weighted by Crippen LogP contribution is 2.13. The van der Waals surface area contributed by atoms with Gasteiger partial charge in [-0.15, -0.1) is 5.10 Å². The molecule has 0 aliphatic heterocycles. The lowest BCUT2D eigenvalue weighted by molar-refractivity contribution is -0.148. The van der Waals surface area contributed by atoms with E-state index in [2.05, 4.69) is 10.4 Å². The molecule has 0 fully saturated rings. The van der Waals surface area contributed by atoms with Gasteiger partial charge in [-0.3, -0.25) is 9.59 Å². The molecule has 138 valence electrons. The van der Waals surface area contributed by atoms with Crippen molar-refractivity contribution < 1.29 is 23.1 Å². The third-order valence-electron chi connectivity index (χ3n) is 3.40. The minimum Gasteiger partial charge on any atom is -0.454 e. The monoisotopic (exact) mass is 371 g/mol. The lowest BCUT2D eigenvalue weighted by Gasteiger charge is -2.06. The number of rotatable bonds is 6. The smallest absolute Gasteiger partial charge is 0.437 e. The van der Waals surface area contributed by atoms with E-state index in [1.54, 1.807) is 30.3 Å². The molecule has 0 radical (unpaired) electrons. The van der Waals surface area contributed by atoms with Crippen molar-refractivity contribution in [1.29, 1.82) is 0 Å². The Morgan fingerprint density at radius 2 is 1.81 bits per heavy atom. The second-order valence-corrected chi connectivity index (χ2v) is 5.41. The normalized spacial score (nSPS) is 10.4. The van der Waals surface area contributed by atoms with E-state index in [1.807, 2.05) is 0 Å². The van der Waals surface area contributed by atoms with E-state index in [9.17, 15) is 18.8 Å². The van der Waals surface area contributed by atoms with Gasteiger partial charge >= 0.3 is 11.7 Å². The number of hydrogen-bond acceptors (Lipinski definition) is 6. The molecule has 0 spiro atoms. The third-order valence-corrected chi connectivity index (χ3v) is 3.40. The summed E-state index contributed by atoms with van der Waals surface area (Å²) in [5.74, 6) is -2.62. The Bertz CT molecular complexity index is 996. The van der Waals surface area contributed by atoms with Crippen LogP contribution in [0.25, 0.3) is 11.5 Å². The van der Waals surface area contributed by atoms with Crippen LogP contribution in [-0.4, -0.2) is 28.3 Å². The molecule has 3 rings (SSSR count). The summed E-state index contributed by atoms with van der Waals surface area (Å²) in [6.45, 7) is -1.06. The van der Waals surface area contributed by atoms with Gasteiger partial charge in [0.15, 0.2) is 6.61 Å². The Balaban J connectivity index is 1.53. The van der Waals surface area contributed by atoms with Crippen LogP contribution in [0, 0.1) is 5.82 Å². The molecule has 0 saturated heterocycles. The Kier molecular flexibility index (Phi) is 5.41. The number of amides is 1. The summed E-state index contributed by atoms with van der Waals surface area (Å²) in [7, 11) is 0. The highest BCUT2D eigenvalue weighted by atomic mass is 19.1. The molecule has 1 N–H and O–H groups in total. The standard InChI is InChI=1S/C18H14FN3O5/c19-13-6-8-14(9-7-13)20-15(23)11-26-16(24)10-22-18(25)27-17(21-22)12-4-2-1-3-5-12/h1-9H,10-11H2,(H,20,23). The van der Waals surface area contributed by atoms with Crippen molar-refractivity contribution in [3.8, 4) is 11.5 Å². The van der Waals surface area contributed by atoms with Gasteiger partial charge in [-0.1, -0.05) is 18.2 Å². The Morgan fingerprint density at radius 1 is 1.11 bits per heavy atom. The molecule has 1 amide bonds. The molecule has 0 aliphatic carbocycles. The van der Waals surface area contributed by atoms with Crippen LogP contribution in [0.1, 0.15) is 0 Å². The van der Waals surface area contributed by atoms with Crippen molar-refractivity contribution >= 4 is 17.6 Å². The number of ether oxygens (including phenoxy) is 1. The van der Waals surface area contributed by atoms with Gasteiger partial charge in [0.2, 0.25) is 5.89 Å². The van der Waals surface area contributed by atoms with Gasteiger partial charge < -0.3 is 14.5 Å². The summed E-state index contributed by atoms with van der Waals surface area (Å²) in [6.07, 6.45) is 0. The van der Waals surface area contributed by atoms with Crippen LogP contribution in [0.2, 0.25) is 0 Å². The Hall–Kier alpha value is -3.75. The van der Waals surface area contributed by atoms with Crippen molar-refractivity contribution in [3.63, 3.8) is 0 Å². The Labute approximate surface area is 152 Å². The maximum atomic E-state index is 12.8. The number of aromatic nitrogens is 2. The first-order valence-electron chi connectivity index (χ1n) is 7.86. The quantitative estimate of drug-likeness (QED) is 0.663. The summed E-state index contributed by atoms with van der Waals surface area (Å²) in [5.41, 5.74) is 0.943. The molecule has 1 aromatic heterocycles. The fourth-order valence-electron chi connectivity index (χ4n) is 2.15. The number of halogens is 1. The predicted octanol–water partition coefficient (Wildman–Crippen LogP) is 1.82. The van der Waals surface area contributed by atoms with Crippen LogP contribution in [0.3, 0.4) is 0 Å². The van der Waals surface area contributed by atoms with Crippen LogP contribution < -0.4 is 11.1 Å². The van der Waals surface area contributed by atoms with E-state index in [0.29, 0.717) is 11.3 Å². The molecular formula is C18H14FN3O5. The second-order valence-electron chi connectivity index (χ2n) is 5.41. The number of hydrogen-bond donors (Lipinski definition) is 1. The minimum absolute atomic E-state index is 0.0717. The summed E-state index contributed by atoms with van der Waals surface area (Å²) in [6, 6.07) is 13.8. The van der Waals surface area contributed by atoms with Gasteiger partial charge in [-0.05, 0) is 36.4 Å². The highest BCUT2D eigenvalue weighted by Gasteiger charge is 2.15. The molecule has 0 bridgehead atoms. The zero-order valence-electron chi connectivity index (χ0n) is 13.9. The number of esters is 1. The van der Waals surface area contributed by atoms with Crippen LogP contribution in [0.4, 0.5) is 10.1 Å². The van der Waals surface area contributed by atoms with E-state index in [-0.39, 0.29) is 5.89 Å². The average molecular weight is 371 g/mol. The van der Waals surface area contributed by atoms with Gasteiger partial charge in [-0.25, -0.2) is 9.18 Å². The zero-order valence-corrected chi connectivity index (χ0v) is 13.9. The maximum absolute atomic E-state index is 12.8. The van der Waals surface area contributed by atoms with Gasteiger partial charge in [0.05, 0.1) is 0 Å². The molecular weight excluding hydrogens is 357 g/mol. The fourth-order valence-corrected chi connectivity index (χ4v) is 2.15. The molecule has 3 aromatic rings. The molecule has 0 aliphatic rings. The first kappa shape index (κ1) is 18.1. The van der Waals surface area contributed by atoms with E-state index >= 15 is 0 Å². The lowest BCUT2D eigenvalue weighted by atomic mass is 10.2. The average Bonchev–Trinajstić information content (AvgIpc) is 3.03. The number of anilines is 1. The molecule has 2 aromatic carbocycles. The fraction of sp³-hybridized carbons (Fsp3) is 0.111. The number of nitrogens with zero attached hydrogens (tertiary/aromatic N) is 2. The minimum atomic E-state index is -0.834. The predicted molar refractivity (Wildman–Crippen MR) is 92.2 cm³/mol. The molecule has 1 heterocycles. The van der Waals surface area contributed by atoms with Crippen molar-refractivity contribution in [2.24, 2.45) is 0 Å². The van der Waals surface area contributed by atoms with Gasteiger partial charge in [0, 0.05) is 11.3 Å². The largest absolute Gasteiger partial charge is 0.454 e. The molecule has 0 unspecified atom stereocenters. The molecule has 0 atom stereocenters. The molecule has 0 saturated carbocycles. The first-order chi connectivity index (χ1) is 13.0. The van der Waals surface area contributed by atoms with E-state index < -0.39 is 36.6 Å². The molecule has 27 heavy (non-hydrogen) atoms. The lowest BCUT2D eigenvalue weighted by Crippen LogP contribution is -2.26. The van der Waals surface area contributed by atoms with Crippen LogP contribution in [0.15, 0.2) is 63.8 Å².